The Kier molecular flexibility index (Phi) is 10.9. The molecule has 2 atom stereocenters. The third-order valence-electron chi connectivity index (χ3n) is 6.19. The molecule has 2 amide bonds. The van der Waals surface area contributed by atoms with Crippen molar-refractivity contribution in [3.63, 3.8) is 0 Å². The highest BCUT2D eigenvalue weighted by molar-refractivity contribution is 5.84. The Hall–Kier alpha value is -3.05. The fourth-order valence-electron chi connectivity index (χ4n) is 4.90. The summed E-state index contributed by atoms with van der Waals surface area (Å²) in [4.78, 5) is 53.0. The normalized spacial score (nSPS) is 21.6. The topological polar surface area (TPSA) is 141 Å². The smallest absolute Gasteiger partial charge is 0.290 e. The Morgan fingerprint density at radius 3 is 2.24 bits per heavy atom. The molecule has 4 rings (SSSR count). The molecule has 3 saturated heterocycles. The summed E-state index contributed by atoms with van der Waals surface area (Å²) in [5.41, 5.74) is 2.88. The highest BCUT2D eigenvalue weighted by atomic mass is 16.5. The van der Waals surface area contributed by atoms with Crippen LogP contribution in [0.1, 0.15) is 29.8 Å². The van der Waals surface area contributed by atoms with E-state index in [1.165, 1.54) is 0 Å². The van der Waals surface area contributed by atoms with E-state index in [2.05, 4.69) is 9.88 Å². The molecule has 3 aliphatic heterocycles. The second-order valence-electron chi connectivity index (χ2n) is 8.40. The molecule has 3 aliphatic rings. The van der Waals surface area contributed by atoms with Crippen LogP contribution in [0.15, 0.2) is 12.1 Å². The van der Waals surface area contributed by atoms with E-state index in [1.54, 1.807) is 0 Å². The van der Waals surface area contributed by atoms with Gasteiger partial charge in [-0.2, -0.15) is 0 Å². The van der Waals surface area contributed by atoms with Gasteiger partial charge in [0.2, 0.25) is 11.8 Å². The second-order valence-corrected chi connectivity index (χ2v) is 8.40. The second kappa shape index (κ2) is 13.6. The zero-order chi connectivity index (χ0) is 25.1. The molecule has 11 nitrogen and oxygen atoms in total. The van der Waals surface area contributed by atoms with Gasteiger partial charge in [0.15, 0.2) is 0 Å². The van der Waals surface area contributed by atoms with Crippen LogP contribution in [0, 0.1) is 13.8 Å². The maximum absolute atomic E-state index is 13.0. The summed E-state index contributed by atoms with van der Waals surface area (Å²) < 4.78 is 5.40. The van der Waals surface area contributed by atoms with Crippen molar-refractivity contribution in [2.45, 2.75) is 45.2 Å². The fourth-order valence-corrected chi connectivity index (χ4v) is 4.90. The number of hydrogen-bond donors (Lipinski definition) is 2. The maximum atomic E-state index is 13.0. The average Bonchev–Trinajstić information content (AvgIpc) is 3.31. The molecule has 1 aromatic rings. The standard InChI is InChI=1S/C21H30N4O3.2CH2O2/c1-15-11-17(12-16(2)22-15)13-20(26)24-4-3-18-19(24)14-21(27)25(18)6-5-23-7-9-28-10-8-23;2*2-1-3/h11-12,18-19H,3-10,13-14H2,1-2H3;2*1H,(H,2,3)/t18-,19-;;/m0../s1. The van der Waals surface area contributed by atoms with Crippen LogP contribution in [-0.4, -0.2) is 113 Å². The van der Waals surface area contributed by atoms with Crippen LogP contribution < -0.4 is 0 Å². The van der Waals surface area contributed by atoms with E-state index in [9.17, 15) is 9.59 Å². The lowest BCUT2D eigenvalue weighted by atomic mass is 10.1. The molecular weight excluding hydrogens is 444 g/mol. The number of carboxylic acid groups (broad SMARTS) is 2. The number of pyridine rings is 1. The van der Waals surface area contributed by atoms with Crippen LogP contribution >= 0.6 is 0 Å². The Labute approximate surface area is 199 Å². The molecule has 34 heavy (non-hydrogen) atoms. The first kappa shape index (κ1) is 27.2. The number of aromatic nitrogens is 1. The van der Waals surface area contributed by atoms with Gasteiger partial charge < -0.3 is 24.7 Å². The summed E-state index contributed by atoms with van der Waals surface area (Å²) in [7, 11) is 0. The predicted octanol–water partition coefficient (Wildman–Crippen LogP) is 0.177. The van der Waals surface area contributed by atoms with E-state index in [1.807, 2.05) is 35.8 Å². The molecule has 4 heterocycles. The van der Waals surface area contributed by atoms with Gasteiger partial charge in [-0.3, -0.25) is 29.1 Å². The van der Waals surface area contributed by atoms with Gasteiger partial charge >= 0.3 is 0 Å². The summed E-state index contributed by atoms with van der Waals surface area (Å²) in [6.07, 6.45) is 1.74. The summed E-state index contributed by atoms with van der Waals surface area (Å²) in [5, 5.41) is 13.8. The van der Waals surface area contributed by atoms with Crippen LogP contribution in [0.25, 0.3) is 0 Å². The first-order valence-corrected chi connectivity index (χ1v) is 11.3. The van der Waals surface area contributed by atoms with Crippen molar-refractivity contribution < 1.29 is 34.1 Å². The number of fused-ring (bicyclic) bond motifs is 1. The minimum Gasteiger partial charge on any atom is -0.483 e. The monoisotopic (exact) mass is 478 g/mol. The minimum atomic E-state index is -0.250. The van der Waals surface area contributed by atoms with Crippen LogP contribution in [0.5, 0.6) is 0 Å². The Morgan fingerprint density at radius 1 is 1.06 bits per heavy atom. The molecule has 0 saturated carbocycles. The SMILES string of the molecule is Cc1cc(CC(=O)N2CC[C@H]3[C@@H]2CC(=O)N3CCN2CCOCC2)cc(C)n1.O=CO.O=CO. The number of carbonyl (C=O) groups excluding carboxylic acids is 2. The van der Waals surface area contributed by atoms with Gasteiger partial charge in [-0.15, -0.1) is 0 Å². The van der Waals surface area contributed by atoms with Crippen LogP contribution in [0.3, 0.4) is 0 Å². The first-order chi connectivity index (χ1) is 16.3. The van der Waals surface area contributed by atoms with Crippen molar-refractivity contribution in [2.75, 3.05) is 45.9 Å². The van der Waals surface area contributed by atoms with Crippen LogP contribution in [-0.2, 0) is 30.3 Å². The van der Waals surface area contributed by atoms with Gasteiger partial charge in [0.25, 0.3) is 12.9 Å². The molecule has 0 spiro atoms. The van der Waals surface area contributed by atoms with E-state index in [4.69, 9.17) is 24.5 Å². The molecule has 3 fully saturated rings. The number of hydrogen-bond acceptors (Lipinski definition) is 7. The molecule has 0 aliphatic carbocycles. The zero-order valence-corrected chi connectivity index (χ0v) is 19.8. The highest BCUT2D eigenvalue weighted by Gasteiger charge is 2.47. The number of ether oxygens (including phenoxy) is 1. The largest absolute Gasteiger partial charge is 0.483 e. The fraction of sp³-hybridized carbons (Fsp3) is 0.609. The predicted molar refractivity (Wildman–Crippen MR) is 122 cm³/mol. The van der Waals surface area contributed by atoms with Gasteiger partial charge in [-0.25, -0.2) is 0 Å². The summed E-state index contributed by atoms with van der Waals surface area (Å²) in [6, 6.07) is 4.17. The van der Waals surface area contributed by atoms with Gasteiger partial charge in [0.1, 0.15) is 0 Å². The van der Waals surface area contributed by atoms with E-state index in [0.29, 0.717) is 12.8 Å². The van der Waals surface area contributed by atoms with Crippen LogP contribution in [0.2, 0.25) is 0 Å². The minimum absolute atomic E-state index is 0.0359. The number of aryl methyl sites for hydroxylation is 2. The van der Waals surface area contributed by atoms with Crippen molar-refractivity contribution in [1.29, 1.82) is 0 Å². The Bertz CT molecular complexity index is 818. The molecule has 1 aromatic heterocycles. The number of nitrogens with zero attached hydrogens (tertiary/aromatic N) is 4. The van der Waals surface area contributed by atoms with E-state index in [-0.39, 0.29) is 36.8 Å². The molecule has 0 bridgehead atoms. The highest BCUT2D eigenvalue weighted by Crippen LogP contribution is 2.32. The lowest BCUT2D eigenvalue weighted by Gasteiger charge is -2.30. The molecule has 0 radical (unpaired) electrons. The number of amides is 2. The summed E-state index contributed by atoms with van der Waals surface area (Å²) in [6.45, 7) is 9.22. The number of likely N-dealkylation sites (tertiary alicyclic amines) is 2. The van der Waals surface area contributed by atoms with Crippen molar-refractivity contribution in [3.8, 4) is 0 Å². The maximum Gasteiger partial charge on any atom is 0.290 e. The van der Waals surface area contributed by atoms with Crippen LogP contribution in [0.4, 0.5) is 0 Å². The molecular formula is C23H34N4O7. The number of carbonyl (C=O) groups is 4. The third-order valence-corrected chi connectivity index (χ3v) is 6.19. The lowest BCUT2D eigenvalue weighted by molar-refractivity contribution is -0.131. The van der Waals surface area contributed by atoms with E-state index >= 15 is 0 Å². The summed E-state index contributed by atoms with van der Waals surface area (Å²) in [5.74, 6) is 0.316. The molecule has 0 aromatic carbocycles. The number of rotatable bonds is 5. The molecule has 11 heteroatoms. The Morgan fingerprint density at radius 2 is 1.65 bits per heavy atom. The third kappa shape index (κ3) is 7.49. The number of morpholine rings is 1. The lowest BCUT2D eigenvalue weighted by Crippen LogP contribution is -2.45. The Balaban J connectivity index is 0.000000618. The van der Waals surface area contributed by atoms with Crippen molar-refractivity contribution in [3.05, 3.63) is 29.1 Å². The molecule has 0 unspecified atom stereocenters. The van der Waals surface area contributed by atoms with Gasteiger partial charge in [-0.1, -0.05) is 0 Å². The van der Waals surface area contributed by atoms with Crippen molar-refractivity contribution in [2.24, 2.45) is 0 Å². The van der Waals surface area contributed by atoms with Gasteiger partial charge in [-0.05, 0) is 38.0 Å². The van der Waals surface area contributed by atoms with E-state index < -0.39 is 0 Å². The zero-order valence-electron chi connectivity index (χ0n) is 19.8. The van der Waals surface area contributed by atoms with E-state index in [0.717, 1.165) is 69.3 Å². The van der Waals surface area contributed by atoms with Crippen molar-refractivity contribution >= 4 is 24.8 Å². The quantitative estimate of drug-likeness (QED) is 0.567. The first-order valence-electron chi connectivity index (χ1n) is 11.3. The molecule has 2 N–H and O–H groups in total. The molecule has 188 valence electrons. The average molecular weight is 479 g/mol. The van der Waals surface area contributed by atoms with Gasteiger partial charge in [0, 0.05) is 50.5 Å². The van der Waals surface area contributed by atoms with Crippen molar-refractivity contribution in [1.82, 2.24) is 19.7 Å². The summed E-state index contributed by atoms with van der Waals surface area (Å²) >= 11 is 0. The van der Waals surface area contributed by atoms with Gasteiger partial charge in [0.05, 0.1) is 31.7 Å².